The number of nitrogens with one attached hydrogen (secondary N) is 2. The summed E-state index contributed by atoms with van der Waals surface area (Å²) in [5.74, 6) is 1.37. The largest absolute Gasteiger partial charge is 0.407 e. The molecule has 1 heterocycles. The van der Waals surface area contributed by atoms with Crippen molar-refractivity contribution in [2.24, 2.45) is 5.92 Å². The summed E-state index contributed by atoms with van der Waals surface area (Å²) in [6.45, 7) is 2.82. The van der Waals surface area contributed by atoms with Gasteiger partial charge in [0.1, 0.15) is 0 Å². The molecular weight excluding hydrogens is 216 g/mol. The monoisotopic (exact) mass is 238 g/mol. The Morgan fingerprint density at radius 1 is 1.29 bits per heavy atom. The lowest BCUT2D eigenvalue weighted by molar-refractivity contribution is 0.324. The zero-order chi connectivity index (χ0) is 12.1. The average molecular weight is 238 g/mol. The van der Waals surface area contributed by atoms with E-state index in [4.69, 9.17) is 4.42 Å². The van der Waals surface area contributed by atoms with Crippen molar-refractivity contribution in [2.75, 3.05) is 12.4 Å². The Balaban J connectivity index is 1.85. The number of aromatic nitrogens is 2. The normalized spacial score (nSPS) is 19.2. The second kappa shape index (κ2) is 6.00. The van der Waals surface area contributed by atoms with E-state index in [1.165, 1.54) is 32.1 Å². The van der Waals surface area contributed by atoms with Crippen molar-refractivity contribution >= 4 is 6.01 Å². The minimum atomic E-state index is 0.415. The highest BCUT2D eigenvalue weighted by molar-refractivity contribution is 5.19. The summed E-state index contributed by atoms with van der Waals surface area (Å²) in [4.78, 5) is 0. The van der Waals surface area contributed by atoms with E-state index in [-0.39, 0.29) is 0 Å². The highest BCUT2D eigenvalue weighted by atomic mass is 16.4. The molecule has 1 aromatic heterocycles. The van der Waals surface area contributed by atoms with Crippen molar-refractivity contribution in [3.63, 3.8) is 0 Å². The number of hydrogen-bond donors (Lipinski definition) is 2. The second-order valence-electron chi connectivity index (χ2n) is 4.86. The van der Waals surface area contributed by atoms with Crippen molar-refractivity contribution in [1.82, 2.24) is 15.5 Å². The molecule has 0 radical (unpaired) electrons. The van der Waals surface area contributed by atoms with Crippen molar-refractivity contribution < 1.29 is 4.42 Å². The van der Waals surface area contributed by atoms with Crippen molar-refractivity contribution in [3.8, 4) is 0 Å². The molecule has 17 heavy (non-hydrogen) atoms. The van der Waals surface area contributed by atoms with Gasteiger partial charge >= 0.3 is 6.01 Å². The third-order valence-electron chi connectivity index (χ3n) is 3.50. The molecule has 0 aliphatic heterocycles. The molecule has 5 nitrogen and oxygen atoms in total. The maximum atomic E-state index is 5.49. The SMILES string of the molecule is CNCc1nnc(N[C@H](C)C2CCCCC2)o1. The van der Waals surface area contributed by atoms with Crippen LogP contribution < -0.4 is 10.6 Å². The summed E-state index contributed by atoms with van der Waals surface area (Å²) in [5, 5.41) is 14.3. The van der Waals surface area contributed by atoms with Crippen LogP contribution in [0.1, 0.15) is 44.9 Å². The summed E-state index contributed by atoms with van der Waals surface area (Å²) in [6.07, 6.45) is 6.71. The zero-order valence-corrected chi connectivity index (χ0v) is 10.7. The second-order valence-corrected chi connectivity index (χ2v) is 4.86. The molecule has 1 atom stereocenters. The first kappa shape index (κ1) is 12.4. The quantitative estimate of drug-likeness (QED) is 0.823. The Morgan fingerprint density at radius 3 is 2.76 bits per heavy atom. The predicted molar refractivity (Wildman–Crippen MR) is 66.7 cm³/mol. The molecule has 0 saturated heterocycles. The number of rotatable bonds is 5. The van der Waals surface area contributed by atoms with Crippen LogP contribution in [0.2, 0.25) is 0 Å². The Bertz CT molecular complexity index is 333. The highest BCUT2D eigenvalue weighted by Gasteiger charge is 2.21. The number of nitrogens with zero attached hydrogens (tertiary/aromatic N) is 2. The standard InChI is InChI=1S/C12H22N4O/c1-9(10-6-4-3-5-7-10)14-12-16-15-11(17-12)8-13-2/h9-10,13H,3-8H2,1-2H3,(H,14,16)/t9-/m1/s1. The molecule has 0 bridgehead atoms. The molecule has 2 rings (SSSR count). The maximum Gasteiger partial charge on any atom is 0.315 e. The summed E-state index contributed by atoms with van der Waals surface area (Å²) in [5.41, 5.74) is 0. The fourth-order valence-electron chi connectivity index (χ4n) is 2.48. The number of hydrogen-bond acceptors (Lipinski definition) is 5. The molecule has 1 saturated carbocycles. The summed E-state index contributed by atoms with van der Waals surface area (Å²) in [7, 11) is 1.86. The van der Waals surface area contributed by atoms with Crippen LogP contribution in [0, 0.1) is 5.92 Å². The summed E-state index contributed by atoms with van der Waals surface area (Å²) in [6, 6.07) is 0.964. The van der Waals surface area contributed by atoms with Gasteiger partial charge in [0.15, 0.2) is 0 Å². The van der Waals surface area contributed by atoms with Gasteiger partial charge in [0.25, 0.3) is 0 Å². The van der Waals surface area contributed by atoms with E-state index in [2.05, 4.69) is 27.8 Å². The summed E-state index contributed by atoms with van der Waals surface area (Å²) < 4.78 is 5.49. The lowest BCUT2D eigenvalue weighted by Gasteiger charge is -2.27. The average Bonchev–Trinajstić information content (AvgIpc) is 2.78. The van der Waals surface area contributed by atoms with Crippen molar-refractivity contribution in [2.45, 2.75) is 51.6 Å². The third kappa shape index (κ3) is 3.43. The van der Waals surface area contributed by atoms with Gasteiger partial charge in [-0.2, -0.15) is 0 Å². The van der Waals surface area contributed by atoms with Crippen LogP contribution in [0.3, 0.4) is 0 Å². The van der Waals surface area contributed by atoms with E-state index in [1.807, 2.05) is 7.05 Å². The molecule has 0 amide bonds. The molecule has 2 N–H and O–H groups in total. The minimum Gasteiger partial charge on any atom is -0.407 e. The Labute approximate surface area is 102 Å². The van der Waals surface area contributed by atoms with Gasteiger partial charge in [-0.25, -0.2) is 0 Å². The van der Waals surface area contributed by atoms with Gasteiger partial charge < -0.3 is 15.1 Å². The van der Waals surface area contributed by atoms with Crippen LogP contribution in [0.4, 0.5) is 6.01 Å². The first-order valence-corrected chi connectivity index (χ1v) is 6.53. The van der Waals surface area contributed by atoms with Gasteiger partial charge in [0.05, 0.1) is 6.54 Å². The zero-order valence-electron chi connectivity index (χ0n) is 10.7. The molecule has 0 unspecified atom stereocenters. The minimum absolute atomic E-state index is 0.415. The van der Waals surface area contributed by atoms with Gasteiger partial charge in [-0.15, -0.1) is 5.10 Å². The van der Waals surface area contributed by atoms with E-state index >= 15 is 0 Å². The van der Waals surface area contributed by atoms with Crippen LogP contribution in [-0.4, -0.2) is 23.3 Å². The summed E-state index contributed by atoms with van der Waals surface area (Å²) >= 11 is 0. The Hall–Kier alpha value is -1.10. The Morgan fingerprint density at radius 2 is 2.06 bits per heavy atom. The van der Waals surface area contributed by atoms with Crippen LogP contribution in [0.15, 0.2) is 4.42 Å². The highest BCUT2D eigenvalue weighted by Crippen LogP contribution is 2.27. The molecule has 0 aromatic carbocycles. The van der Waals surface area contributed by atoms with Crippen LogP contribution in [0.5, 0.6) is 0 Å². The molecule has 96 valence electrons. The molecule has 1 aliphatic carbocycles. The third-order valence-corrected chi connectivity index (χ3v) is 3.50. The fourth-order valence-corrected chi connectivity index (χ4v) is 2.48. The van der Waals surface area contributed by atoms with Crippen LogP contribution in [-0.2, 0) is 6.54 Å². The molecule has 1 aliphatic rings. The lowest BCUT2D eigenvalue weighted by Crippen LogP contribution is -2.27. The smallest absolute Gasteiger partial charge is 0.315 e. The van der Waals surface area contributed by atoms with Crippen LogP contribution in [0.25, 0.3) is 0 Å². The molecule has 1 fully saturated rings. The van der Waals surface area contributed by atoms with E-state index in [1.54, 1.807) is 0 Å². The van der Waals surface area contributed by atoms with Gasteiger partial charge in [-0.1, -0.05) is 24.4 Å². The predicted octanol–water partition coefficient (Wildman–Crippen LogP) is 2.17. The molecular formula is C12H22N4O. The van der Waals surface area contributed by atoms with Gasteiger partial charge in [-0.05, 0) is 32.7 Å². The first-order valence-electron chi connectivity index (χ1n) is 6.53. The fraction of sp³-hybridized carbons (Fsp3) is 0.833. The molecule has 0 spiro atoms. The van der Waals surface area contributed by atoms with Gasteiger partial charge in [0.2, 0.25) is 5.89 Å². The number of anilines is 1. The van der Waals surface area contributed by atoms with Crippen molar-refractivity contribution in [1.29, 1.82) is 0 Å². The van der Waals surface area contributed by atoms with Crippen molar-refractivity contribution in [3.05, 3.63) is 5.89 Å². The van der Waals surface area contributed by atoms with E-state index in [0.29, 0.717) is 24.5 Å². The topological polar surface area (TPSA) is 63.0 Å². The lowest BCUT2D eigenvalue weighted by atomic mass is 9.85. The van der Waals surface area contributed by atoms with Gasteiger partial charge in [0, 0.05) is 6.04 Å². The van der Waals surface area contributed by atoms with E-state index < -0.39 is 0 Å². The molecule has 5 heteroatoms. The van der Waals surface area contributed by atoms with E-state index in [0.717, 1.165) is 5.92 Å². The van der Waals surface area contributed by atoms with Gasteiger partial charge in [-0.3, -0.25) is 0 Å². The van der Waals surface area contributed by atoms with Crippen LogP contribution >= 0.6 is 0 Å². The first-order chi connectivity index (χ1) is 8.29. The maximum absolute atomic E-state index is 5.49. The van der Waals surface area contributed by atoms with E-state index in [9.17, 15) is 0 Å². The molecule has 1 aromatic rings. The Kier molecular flexibility index (Phi) is 4.36.